The van der Waals surface area contributed by atoms with Crippen molar-refractivity contribution in [2.75, 3.05) is 26.2 Å². The molecule has 1 unspecified atom stereocenters. The fourth-order valence-corrected chi connectivity index (χ4v) is 4.72. The Morgan fingerprint density at radius 2 is 2.06 bits per heavy atom. The number of nitrogens with zero attached hydrogens (tertiary/aromatic N) is 2. The van der Waals surface area contributed by atoms with Gasteiger partial charge in [0.15, 0.2) is 11.6 Å². The van der Waals surface area contributed by atoms with Crippen LogP contribution in [0.2, 0.25) is 0 Å². The SMILES string of the molecule is CCC(=O)N(CCC(C)C)CC(=O)N1CCc2sccc2C1COc1ccccc1F. The molecule has 0 spiro atoms. The average molecular weight is 447 g/mol. The second kappa shape index (κ2) is 10.8. The Bertz CT molecular complexity index is 898. The molecule has 0 N–H and O–H groups in total. The minimum absolute atomic E-state index is 0.0126. The minimum Gasteiger partial charge on any atom is -0.488 e. The highest BCUT2D eigenvalue weighted by atomic mass is 32.1. The maximum atomic E-state index is 14.0. The van der Waals surface area contributed by atoms with Gasteiger partial charge in [0, 0.05) is 24.4 Å². The quantitative estimate of drug-likeness (QED) is 0.562. The molecule has 2 heterocycles. The molecule has 1 atom stereocenters. The third-order valence-corrected chi connectivity index (χ3v) is 6.60. The lowest BCUT2D eigenvalue weighted by molar-refractivity contribution is -0.142. The maximum Gasteiger partial charge on any atom is 0.242 e. The summed E-state index contributed by atoms with van der Waals surface area (Å²) in [4.78, 5) is 30.4. The second-order valence-electron chi connectivity index (χ2n) is 8.24. The van der Waals surface area contributed by atoms with E-state index in [4.69, 9.17) is 4.74 Å². The van der Waals surface area contributed by atoms with Crippen LogP contribution >= 0.6 is 11.3 Å². The molecule has 0 aliphatic carbocycles. The number of thiophene rings is 1. The highest BCUT2D eigenvalue weighted by Crippen LogP contribution is 2.34. The molecule has 0 saturated heterocycles. The smallest absolute Gasteiger partial charge is 0.242 e. The molecule has 31 heavy (non-hydrogen) atoms. The van der Waals surface area contributed by atoms with Crippen LogP contribution in [0.4, 0.5) is 4.39 Å². The van der Waals surface area contributed by atoms with Gasteiger partial charge in [0.2, 0.25) is 11.8 Å². The fourth-order valence-electron chi connectivity index (χ4n) is 3.79. The van der Waals surface area contributed by atoms with Crippen LogP contribution in [0.5, 0.6) is 5.75 Å². The number of hydrogen-bond acceptors (Lipinski definition) is 4. The van der Waals surface area contributed by atoms with E-state index in [-0.39, 0.29) is 36.8 Å². The number of ether oxygens (including phenoxy) is 1. The van der Waals surface area contributed by atoms with E-state index in [1.54, 1.807) is 39.3 Å². The van der Waals surface area contributed by atoms with Crippen LogP contribution in [-0.4, -0.2) is 47.9 Å². The third kappa shape index (κ3) is 5.85. The molecule has 1 aliphatic rings. The average Bonchev–Trinajstić information content (AvgIpc) is 3.24. The number of rotatable bonds is 9. The number of benzene rings is 1. The van der Waals surface area contributed by atoms with Gasteiger partial charge >= 0.3 is 0 Å². The molecule has 7 heteroatoms. The van der Waals surface area contributed by atoms with Crippen LogP contribution < -0.4 is 4.74 Å². The monoisotopic (exact) mass is 446 g/mol. The van der Waals surface area contributed by atoms with E-state index in [0.29, 0.717) is 25.4 Å². The molecule has 1 aliphatic heterocycles. The summed E-state index contributed by atoms with van der Waals surface area (Å²) in [6.45, 7) is 7.41. The number of amides is 2. The number of carbonyl (C=O) groups is 2. The number of hydrogen-bond donors (Lipinski definition) is 0. The van der Waals surface area contributed by atoms with Crippen LogP contribution in [0, 0.1) is 11.7 Å². The van der Waals surface area contributed by atoms with Crippen LogP contribution in [0.3, 0.4) is 0 Å². The Morgan fingerprint density at radius 3 is 2.77 bits per heavy atom. The first-order valence-electron chi connectivity index (χ1n) is 10.9. The van der Waals surface area contributed by atoms with Gasteiger partial charge in [-0.15, -0.1) is 11.3 Å². The first-order valence-corrected chi connectivity index (χ1v) is 11.8. The van der Waals surface area contributed by atoms with E-state index in [1.807, 2.05) is 18.4 Å². The second-order valence-corrected chi connectivity index (χ2v) is 9.25. The molecule has 5 nitrogen and oxygen atoms in total. The summed E-state index contributed by atoms with van der Waals surface area (Å²) in [6.07, 6.45) is 2.01. The van der Waals surface area contributed by atoms with Gasteiger partial charge in [-0.3, -0.25) is 9.59 Å². The molecular formula is C24H31FN2O3S. The third-order valence-electron chi connectivity index (χ3n) is 5.61. The molecule has 168 valence electrons. The van der Waals surface area contributed by atoms with Gasteiger partial charge in [-0.1, -0.05) is 32.9 Å². The lowest BCUT2D eigenvalue weighted by Gasteiger charge is -2.37. The first kappa shape index (κ1) is 23.3. The summed E-state index contributed by atoms with van der Waals surface area (Å²) in [5.41, 5.74) is 1.05. The molecule has 0 fully saturated rings. The highest BCUT2D eigenvalue weighted by Gasteiger charge is 2.33. The van der Waals surface area contributed by atoms with E-state index in [2.05, 4.69) is 13.8 Å². The zero-order chi connectivity index (χ0) is 22.4. The summed E-state index contributed by atoms with van der Waals surface area (Å²) in [7, 11) is 0. The molecule has 2 amide bonds. The molecular weight excluding hydrogens is 415 g/mol. The maximum absolute atomic E-state index is 14.0. The summed E-state index contributed by atoms with van der Waals surface area (Å²) < 4.78 is 19.8. The van der Waals surface area contributed by atoms with Crippen LogP contribution in [-0.2, 0) is 16.0 Å². The Labute approximate surface area is 187 Å². The van der Waals surface area contributed by atoms with Gasteiger partial charge in [0.25, 0.3) is 0 Å². The Morgan fingerprint density at radius 1 is 1.29 bits per heavy atom. The van der Waals surface area contributed by atoms with Crippen molar-refractivity contribution in [2.24, 2.45) is 5.92 Å². The van der Waals surface area contributed by atoms with Crippen LogP contribution in [0.25, 0.3) is 0 Å². The molecule has 2 aromatic rings. The Hall–Kier alpha value is -2.41. The zero-order valence-electron chi connectivity index (χ0n) is 18.5. The summed E-state index contributed by atoms with van der Waals surface area (Å²) in [5.74, 6) is 0.102. The van der Waals surface area contributed by atoms with Gasteiger partial charge in [0.05, 0.1) is 12.6 Å². The summed E-state index contributed by atoms with van der Waals surface area (Å²) in [5, 5.41) is 2.02. The predicted octanol–water partition coefficient (Wildman–Crippen LogP) is 4.68. The molecule has 0 radical (unpaired) electrons. The predicted molar refractivity (Wildman–Crippen MR) is 121 cm³/mol. The van der Waals surface area contributed by atoms with Crippen LogP contribution in [0.1, 0.15) is 50.1 Å². The number of carbonyl (C=O) groups excluding carboxylic acids is 2. The topological polar surface area (TPSA) is 49.9 Å². The van der Waals surface area contributed by atoms with Crippen molar-refractivity contribution in [3.05, 3.63) is 52.0 Å². The van der Waals surface area contributed by atoms with E-state index >= 15 is 0 Å². The first-order chi connectivity index (χ1) is 14.9. The molecule has 0 bridgehead atoms. The van der Waals surface area contributed by atoms with E-state index in [9.17, 15) is 14.0 Å². The number of fused-ring (bicyclic) bond motifs is 1. The largest absolute Gasteiger partial charge is 0.488 e. The van der Waals surface area contributed by atoms with E-state index < -0.39 is 5.82 Å². The van der Waals surface area contributed by atoms with Crippen molar-refractivity contribution in [1.82, 2.24) is 9.80 Å². The van der Waals surface area contributed by atoms with Crippen molar-refractivity contribution in [3.63, 3.8) is 0 Å². The molecule has 1 aromatic heterocycles. The van der Waals surface area contributed by atoms with Gasteiger partial charge < -0.3 is 14.5 Å². The van der Waals surface area contributed by atoms with E-state index in [0.717, 1.165) is 18.4 Å². The lowest BCUT2D eigenvalue weighted by Crippen LogP contribution is -2.48. The van der Waals surface area contributed by atoms with Crippen molar-refractivity contribution >= 4 is 23.2 Å². The van der Waals surface area contributed by atoms with Crippen molar-refractivity contribution in [2.45, 2.75) is 46.1 Å². The van der Waals surface area contributed by atoms with Gasteiger partial charge in [-0.25, -0.2) is 4.39 Å². The van der Waals surface area contributed by atoms with Crippen LogP contribution in [0.15, 0.2) is 35.7 Å². The standard InChI is InChI=1S/C24H31FN2O3S/c1-4-23(28)26(12-9-17(2)3)15-24(29)27-13-10-22-18(11-14-31-22)20(27)16-30-21-8-6-5-7-19(21)25/h5-8,11,14,17,20H,4,9-10,12-13,15-16H2,1-3H3. The number of para-hydroxylation sites is 1. The van der Waals surface area contributed by atoms with E-state index in [1.165, 1.54) is 10.9 Å². The summed E-state index contributed by atoms with van der Waals surface area (Å²) >= 11 is 1.67. The molecule has 0 saturated carbocycles. The van der Waals surface area contributed by atoms with Crippen molar-refractivity contribution in [3.8, 4) is 5.75 Å². The Balaban J connectivity index is 1.76. The van der Waals surface area contributed by atoms with Gasteiger partial charge in [0.1, 0.15) is 6.61 Å². The molecule has 3 rings (SSSR count). The zero-order valence-corrected chi connectivity index (χ0v) is 19.3. The highest BCUT2D eigenvalue weighted by molar-refractivity contribution is 7.10. The van der Waals surface area contributed by atoms with Crippen molar-refractivity contribution in [1.29, 1.82) is 0 Å². The van der Waals surface area contributed by atoms with Crippen molar-refractivity contribution < 1.29 is 18.7 Å². The molecule has 1 aromatic carbocycles. The number of halogens is 1. The van der Waals surface area contributed by atoms with Gasteiger partial charge in [-0.2, -0.15) is 0 Å². The van der Waals surface area contributed by atoms with Gasteiger partial charge in [-0.05, 0) is 47.9 Å². The lowest BCUT2D eigenvalue weighted by atomic mass is 10.00. The normalized spacial score (nSPS) is 15.6. The Kier molecular flexibility index (Phi) is 8.07. The summed E-state index contributed by atoms with van der Waals surface area (Å²) in [6, 6.07) is 8.01. The fraction of sp³-hybridized carbons (Fsp3) is 0.500. The minimum atomic E-state index is -0.421.